The molecule has 0 heterocycles. The summed E-state index contributed by atoms with van der Waals surface area (Å²) in [6, 6.07) is 12.5. The van der Waals surface area contributed by atoms with E-state index in [1.807, 2.05) is 24.3 Å². The van der Waals surface area contributed by atoms with E-state index in [4.69, 9.17) is 22.7 Å². The Balaban J connectivity index is 2.03. The third kappa shape index (κ3) is 3.52. The first kappa shape index (κ1) is 14.9. The summed E-state index contributed by atoms with van der Waals surface area (Å²) in [5.74, 6) is 0.564. The second-order valence-corrected chi connectivity index (χ2v) is 5.67. The Kier molecular flexibility index (Phi) is 5.04. The highest BCUT2D eigenvalue weighted by Gasteiger charge is 2.10. The molecule has 0 atom stereocenters. The lowest BCUT2D eigenvalue weighted by atomic mass is 10.1. The molecule has 0 amide bonds. The van der Waals surface area contributed by atoms with Crippen LogP contribution in [0.25, 0.3) is 0 Å². The molecule has 0 aliphatic rings. The van der Waals surface area contributed by atoms with Gasteiger partial charge in [-0.3, -0.25) is 5.41 Å². The van der Waals surface area contributed by atoms with Crippen LogP contribution in [-0.4, -0.2) is 5.84 Å². The summed E-state index contributed by atoms with van der Waals surface area (Å²) in [4.78, 5) is 0. The number of benzene rings is 2. The first-order valence-electron chi connectivity index (χ1n) is 6.02. The molecule has 0 spiro atoms. The van der Waals surface area contributed by atoms with Gasteiger partial charge in [0.25, 0.3) is 0 Å². The van der Waals surface area contributed by atoms with Crippen LogP contribution in [0.2, 0.25) is 5.02 Å². The molecule has 2 aromatic rings. The summed E-state index contributed by atoms with van der Waals surface area (Å²) in [5.41, 5.74) is 7.08. The average Bonchev–Trinajstić information content (AvgIpc) is 2.42. The molecule has 0 aliphatic carbocycles. The number of nitrogens with two attached hydrogens (primary N) is 1. The Morgan fingerprint density at radius 3 is 2.45 bits per heavy atom. The summed E-state index contributed by atoms with van der Waals surface area (Å²) in [6.07, 6.45) is 0. The predicted octanol–water partition coefficient (Wildman–Crippen LogP) is 4.20. The minimum Gasteiger partial charge on any atom is -0.384 e. The summed E-state index contributed by atoms with van der Waals surface area (Å²) in [7, 11) is 0. The Bertz CT molecular complexity index is 631. The van der Waals surface area contributed by atoms with Gasteiger partial charge in [-0.2, -0.15) is 11.8 Å². The lowest BCUT2D eigenvalue weighted by molar-refractivity contribution is 0.614. The molecule has 0 fully saturated rings. The fourth-order valence-electron chi connectivity index (χ4n) is 1.79. The van der Waals surface area contributed by atoms with Gasteiger partial charge < -0.3 is 5.73 Å². The number of amidine groups is 1. The number of hydrogen-bond donors (Lipinski definition) is 2. The maximum atomic E-state index is 14.1. The van der Waals surface area contributed by atoms with Crippen molar-refractivity contribution in [2.24, 2.45) is 5.73 Å². The van der Waals surface area contributed by atoms with E-state index in [1.54, 1.807) is 23.9 Å². The van der Waals surface area contributed by atoms with Crippen molar-refractivity contribution in [1.29, 1.82) is 5.41 Å². The van der Waals surface area contributed by atoms with Crippen molar-refractivity contribution in [1.82, 2.24) is 0 Å². The molecule has 0 bridgehead atoms. The van der Waals surface area contributed by atoms with Crippen molar-refractivity contribution in [2.45, 2.75) is 11.5 Å². The van der Waals surface area contributed by atoms with Crippen LogP contribution in [0.15, 0.2) is 42.5 Å². The molecule has 0 saturated heterocycles. The average molecular weight is 309 g/mol. The van der Waals surface area contributed by atoms with Crippen molar-refractivity contribution in [2.75, 3.05) is 0 Å². The highest BCUT2D eigenvalue weighted by Crippen LogP contribution is 2.25. The summed E-state index contributed by atoms with van der Waals surface area (Å²) >= 11 is 7.64. The number of hydrogen-bond acceptors (Lipinski definition) is 2. The molecule has 0 aromatic heterocycles. The summed E-state index contributed by atoms with van der Waals surface area (Å²) in [6.45, 7) is 0. The molecule has 0 saturated carbocycles. The van der Waals surface area contributed by atoms with E-state index in [9.17, 15) is 4.39 Å². The summed E-state index contributed by atoms with van der Waals surface area (Å²) < 4.78 is 14.1. The van der Waals surface area contributed by atoms with Gasteiger partial charge in [0.1, 0.15) is 11.7 Å². The molecule has 104 valence electrons. The van der Waals surface area contributed by atoms with Gasteiger partial charge in [0.05, 0.1) is 5.56 Å². The van der Waals surface area contributed by atoms with Crippen molar-refractivity contribution < 1.29 is 4.39 Å². The van der Waals surface area contributed by atoms with Gasteiger partial charge in [0.2, 0.25) is 0 Å². The van der Waals surface area contributed by atoms with E-state index in [-0.39, 0.29) is 11.4 Å². The van der Waals surface area contributed by atoms with E-state index >= 15 is 0 Å². The second kappa shape index (κ2) is 6.77. The molecule has 2 rings (SSSR count). The molecule has 3 N–H and O–H groups in total. The topological polar surface area (TPSA) is 49.9 Å². The molecular weight excluding hydrogens is 295 g/mol. The molecule has 0 radical (unpaired) electrons. The highest BCUT2D eigenvalue weighted by molar-refractivity contribution is 7.97. The van der Waals surface area contributed by atoms with Crippen LogP contribution in [0.4, 0.5) is 4.39 Å². The van der Waals surface area contributed by atoms with Crippen molar-refractivity contribution in [3.05, 3.63) is 70.0 Å². The SMILES string of the molecule is N=C(N)c1cccc(CSCc2ccccc2Cl)c1F. The minimum absolute atomic E-state index is 0.154. The first-order valence-corrected chi connectivity index (χ1v) is 7.56. The number of nitrogen functional groups attached to an aromatic ring is 1. The predicted molar refractivity (Wildman–Crippen MR) is 83.9 cm³/mol. The van der Waals surface area contributed by atoms with Crippen molar-refractivity contribution in [3.8, 4) is 0 Å². The van der Waals surface area contributed by atoms with Gasteiger partial charge in [0, 0.05) is 16.5 Å². The minimum atomic E-state index is -0.411. The molecule has 2 aromatic carbocycles. The van der Waals surface area contributed by atoms with E-state index in [0.29, 0.717) is 17.1 Å². The van der Waals surface area contributed by atoms with Crippen molar-refractivity contribution >= 4 is 29.2 Å². The van der Waals surface area contributed by atoms with Gasteiger partial charge >= 0.3 is 0 Å². The fraction of sp³-hybridized carbons (Fsp3) is 0.133. The lowest BCUT2D eigenvalue weighted by Crippen LogP contribution is -2.14. The van der Waals surface area contributed by atoms with Gasteiger partial charge in [-0.25, -0.2) is 4.39 Å². The van der Waals surface area contributed by atoms with Crippen LogP contribution < -0.4 is 5.73 Å². The highest BCUT2D eigenvalue weighted by atomic mass is 35.5. The van der Waals surface area contributed by atoms with Crippen LogP contribution in [0.5, 0.6) is 0 Å². The van der Waals surface area contributed by atoms with Crippen LogP contribution in [0.1, 0.15) is 16.7 Å². The maximum absolute atomic E-state index is 14.1. The van der Waals surface area contributed by atoms with Gasteiger partial charge in [0.15, 0.2) is 0 Å². The van der Waals surface area contributed by atoms with Crippen LogP contribution in [0, 0.1) is 11.2 Å². The standard InChI is InChI=1S/C15H14ClFN2S/c16-13-7-2-1-4-10(13)8-20-9-11-5-3-6-12(14(11)17)15(18)19/h1-7H,8-9H2,(H3,18,19). The first-order chi connectivity index (χ1) is 9.59. The van der Waals surface area contributed by atoms with Crippen LogP contribution >= 0.6 is 23.4 Å². The lowest BCUT2D eigenvalue weighted by Gasteiger charge is -2.08. The Morgan fingerprint density at radius 2 is 1.75 bits per heavy atom. The normalized spacial score (nSPS) is 10.5. The Labute approximate surface area is 126 Å². The van der Waals surface area contributed by atoms with Crippen LogP contribution in [0.3, 0.4) is 0 Å². The van der Waals surface area contributed by atoms with Gasteiger partial charge in [-0.15, -0.1) is 0 Å². The monoisotopic (exact) mass is 308 g/mol. The van der Waals surface area contributed by atoms with Gasteiger partial charge in [-0.05, 0) is 23.3 Å². The number of nitrogens with one attached hydrogen (secondary N) is 1. The Hall–Kier alpha value is -1.52. The quantitative estimate of drug-likeness (QED) is 0.642. The summed E-state index contributed by atoms with van der Waals surface area (Å²) in [5, 5.41) is 8.05. The largest absolute Gasteiger partial charge is 0.384 e. The van der Waals surface area contributed by atoms with E-state index < -0.39 is 5.82 Å². The molecular formula is C15H14ClFN2S. The molecule has 20 heavy (non-hydrogen) atoms. The second-order valence-electron chi connectivity index (χ2n) is 4.28. The zero-order chi connectivity index (χ0) is 14.5. The third-order valence-electron chi connectivity index (χ3n) is 2.84. The molecule has 0 aliphatic heterocycles. The molecule has 2 nitrogen and oxygen atoms in total. The fourth-order valence-corrected chi connectivity index (χ4v) is 3.08. The molecule has 0 unspecified atom stereocenters. The maximum Gasteiger partial charge on any atom is 0.138 e. The molecule has 5 heteroatoms. The number of rotatable bonds is 5. The van der Waals surface area contributed by atoms with E-state index in [2.05, 4.69) is 0 Å². The van der Waals surface area contributed by atoms with Crippen molar-refractivity contribution in [3.63, 3.8) is 0 Å². The Morgan fingerprint density at radius 1 is 1.10 bits per heavy atom. The van der Waals surface area contributed by atoms with E-state index in [0.717, 1.165) is 10.6 Å². The smallest absolute Gasteiger partial charge is 0.138 e. The van der Waals surface area contributed by atoms with E-state index in [1.165, 1.54) is 6.07 Å². The van der Waals surface area contributed by atoms with Crippen LogP contribution in [-0.2, 0) is 11.5 Å². The zero-order valence-corrected chi connectivity index (χ0v) is 12.3. The van der Waals surface area contributed by atoms with Gasteiger partial charge in [-0.1, -0.05) is 41.9 Å². The number of halogens is 2. The third-order valence-corrected chi connectivity index (χ3v) is 4.24. The number of thioether (sulfide) groups is 1. The zero-order valence-electron chi connectivity index (χ0n) is 10.7.